The first kappa shape index (κ1) is 14.7. The maximum Gasteiger partial charge on any atom is 0.0332 e. The van der Waals surface area contributed by atoms with Gasteiger partial charge in [-0.3, -0.25) is 4.90 Å². The van der Waals surface area contributed by atoms with Crippen molar-refractivity contribution in [3.05, 3.63) is 0 Å². The minimum absolute atomic E-state index is 0.319. The molecule has 1 saturated carbocycles. The van der Waals surface area contributed by atoms with Crippen molar-refractivity contribution in [1.82, 2.24) is 4.90 Å². The van der Waals surface area contributed by atoms with Crippen LogP contribution in [0.1, 0.15) is 51.9 Å². The van der Waals surface area contributed by atoms with Gasteiger partial charge < -0.3 is 5.73 Å². The Bertz CT molecular complexity index is 243. The summed E-state index contributed by atoms with van der Waals surface area (Å²) in [5, 5.41) is 0. The highest BCUT2D eigenvalue weighted by Gasteiger charge is 2.40. The molecular weight excluding hydrogens is 240 g/mol. The Morgan fingerprint density at radius 3 is 2.50 bits per heavy atom. The molecule has 0 aromatic heterocycles. The van der Waals surface area contributed by atoms with Crippen molar-refractivity contribution in [2.75, 3.05) is 25.1 Å². The average Bonchev–Trinajstić information content (AvgIpc) is 2.93. The summed E-state index contributed by atoms with van der Waals surface area (Å²) in [7, 11) is 2.34. The zero-order valence-corrected chi connectivity index (χ0v) is 13.0. The quantitative estimate of drug-likeness (QED) is 0.832. The van der Waals surface area contributed by atoms with Gasteiger partial charge in [0.15, 0.2) is 0 Å². The van der Waals surface area contributed by atoms with Crippen molar-refractivity contribution in [3.8, 4) is 0 Å². The Balaban J connectivity index is 1.94. The summed E-state index contributed by atoms with van der Waals surface area (Å²) in [5.41, 5.74) is 6.50. The number of rotatable bonds is 5. The van der Waals surface area contributed by atoms with Gasteiger partial charge in [0.2, 0.25) is 0 Å². The monoisotopic (exact) mass is 270 g/mol. The summed E-state index contributed by atoms with van der Waals surface area (Å²) in [4.78, 5) is 2.66. The number of hydrogen-bond acceptors (Lipinski definition) is 3. The van der Waals surface area contributed by atoms with E-state index in [1.165, 1.54) is 56.5 Å². The number of thioether (sulfide) groups is 1. The number of nitrogens with zero attached hydrogens (tertiary/aromatic N) is 1. The molecule has 106 valence electrons. The highest BCUT2D eigenvalue weighted by Crippen LogP contribution is 2.39. The molecule has 1 aliphatic carbocycles. The molecule has 0 spiro atoms. The van der Waals surface area contributed by atoms with Crippen LogP contribution < -0.4 is 5.73 Å². The zero-order chi connectivity index (χ0) is 13.0. The largest absolute Gasteiger partial charge is 0.329 e. The molecular formula is C15H30N2S. The SMILES string of the molecule is CCCC1CCC(CN)(N(C)C2CCSC2)CC1. The lowest BCUT2D eigenvalue weighted by atomic mass is 9.74. The Morgan fingerprint density at radius 1 is 1.28 bits per heavy atom. The molecule has 2 N–H and O–H groups in total. The standard InChI is InChI=1S/C15H30N2S/c1-3-4-13-5-8-15(12-16,9-6-13)17(2)14-7-10-18-11-14/h13-14H,3-12,16H2,1-2H3. The van der Waals surface area contributed by atoms with Gasteiger partial charge in [-0.2, -0.15) is 11.8 Å². The van der Waals surface area contributed by atoms with Crippen LogP contribution in [0.2, 0.25) is 0 Å². The Labute approximate surface area is 117 Å². The lowest BCUT2D eigenvalue weighted by Gasteiger charge is -2.48. The smallest absolute Gasteiger partial charge is 0.0332 e. The van der Waals surface area contributed by atoms with E-state index in [1.807, 2.05) is 0 Å². The van der Waals surface area contributed by atoms with Crippen LogP contribution in [0.25, 0.3) is 0 Å². The van der Waals surface area contributed by atoms with Crippen LogP contribution in [-0.4, -0.2) is 41.6 Å². The molecule has 2 rings (SSSR count). The van der Waals surface area contributed by atoms with Crippen molar-refractivity contribution in [2.24, 2.45) is 11.7 Å². The fourth-order valence-electron chi connectivity index (χ4n) is 3.83. The normalized spacial score (nSPS) is 37.3. The van der Waals surface area contributed by atoms with E-state index in [4.69, 9.17) is 5.73 Å². The van der Waals surface area contributed by atoms with E-state index >= 15 is 0 Å². The van der Waals surface area contributed by atoms with Crippen molar-refractivity contribution in [1.29, 1.82) is 0 Å². The zero-order valence-electron chi connectivity index (χ0n) is 12.2. The van der Waals surface area contributed by atoms with Gasteiger partial charge in [0.25, 0.3) is 0 Å². The molecule has 18 heavy (non-hydrogen) atoms. The molecule has 0 aromatic carbocycles. The third kappa shape index (κ3) is 3.05. The molecule has 3 heteroatoms. The topological polar surface area (TPSA) is 29.3 Å². The van der Waals surface area contributed by atoms with E-state index in [9.17, 15) is 0 Å². The summed E-state index contributed by atoms with van der Waals surface area (Å²) in [6.07, 6.45) is 9.57. The van der Waals surface area contributed by atoms with Crippen LogP contribution in [0.15, 0.2) is 0 Å². The second kappa shape index (κ2) is 6.62. The van der Waals surface area contributed by atoms with Crippen molar-refractivity contribution >= 4 is 11.8 Å². The second-order valence-corrected chi connectivity index (χ2v) is 7.44. The predicted octanol–water partition coefficient (Wildman–Crippen LogP) is 3.11. The van der Waals surface area contributed by atoms with E-state index in [1.54, 1.807) is 0 Å². The number of likely N-dealkylation sites (N-methyl/N-ethyl adjacent to an activating group) is 1. The predicted molar refractivity (Wildman–Crippen MR) is 82.1 cm³/mol. The molecule has 0 aromatic rings. The molecule has 2 fully saturated rings. The van der Waals surface area contributed by atoms with Gasteiger partial charge in [0, 0.05) is 23.9 Å². The van der Waals surface area contributed by atoms with Crippen LogP contribution in [0.5, 0.6) is 0 Å². The van der Waals surface area contributed by atoms with E-state index < -0.39 is 0 Å². The molecule has 2 aliphatic rings. The lowest BCUT2D eigenvalue weighted by Crippen LogP contribution is -2.57. The summed E-state index contributed by atoms with van der Waals surface area (Å²) >= 11 is 2.11. The first-order chi connectivity index (χ1) is 8.72. The maximum absolute atomic E-state index is 6.18. The molecule has 1 saturated heterocycles. The summed E-state index contributed by atoms with van der Waals surface area (Å²) in [5.74, 6) is 3.63. The first-order valence-electron chi connectivity index (χ1n) is 7.72. The lowest BCUT2D eigenvalue weighted by molar-refractivity contribution is 0.0366. The highest BCUT2D eigenvalue weighted by atomic mass is 32.2. The molecule has 0 bridgehead atoms. The van der Waals surface area contributed by atoms with E-state index in [0.717, 1.165) is 18.5 Å². The first-order valence-corrected chi connectivity index (χ1v) is 8.88. The Morgan fingerprint density at radius 2 is 2.00 bits per heavy atom. The van der Waals surface area contributed by atoms with Crippen LogP contribution in [0.3, 0.4) is 0 Å². The minimum atomic E-state index is 0.319. The maximum atomic E-state index is 6.18. The van der Waals surface area contributed by atoms with Gasteiger partial charge in [0.1, 0.15) is 0 Å². The van der Waals surface area contributed by atoms with Crippen LogP contribution in [0.4, 0.5) is 0 Å². The summed E-state index contributed by atoms with van der Waals surface area (Å²) in [6.45, 7) is 3.16. The molecule has 1 unspecified atom stereocenters. The van der Waals surface area contributed by atoms with Crippen LogP contribution in [0, 0.1) is 5.92 Å². The van der Waals surface area contributed by atoms with Crippen molar-refractivity contribution in [2.45, 2.75) is 63.5 Å². The van der Waals surface area contributed by atoms with Gasteiger partial charge in [-0.25, -0.2) is 0 Å². The van der Waals surface area contributed by atoms with Crippen LogP contribution >= 0.6 is 11.8 Å². The Hall–Kier alpha value is 0.270. The molecule has 2 nitrogen and oxygen atoms in total. The van der Waals surface area contributed by atoms with E-state index in [0.29, 0.717) is 5.54 Å². The van der Waals surface area contributed by atoms with Gasteiger partial charge in [-0.15, -0.1) is 0 Å². The second-order valence-electron chi connectivity index (χ2n) is 6.29. The van der Waals surface area contributed by atoms with Gasteiger partial charge >= 0.3 is 0 Å². The highest BCUT2D eigenvalue weighted by molar-refractivity contribution is 7.99. The Kier molecular flexibility index (Phi) is 5.40. The summed E-state index contributed by atoms with van der Waals surface area (Å²) in [6, 6.07) is 0.779. The molecule has 0 radical (unpaired) electrons. The molecule has 1 atom stereocenters. The fraction of sp³-hybridized carbons (Fsp3) is 1.00. The van der Waals surface area contributed by atoms with Gasteiger partial charge in [0.05, 0.1) is 0 Å². The van der Waals surface area contributed by atoms with Gasteiger partial charge in [-0.05, 0) is 50.8 Å². The van der Waals surface area contributed by atoms with Gasteiger partial charge in [-0.1, -0.05) is 19.8 Å². The van der Waals surface area contributed by atoms with Crippen LogP contribution in [-0.2, 0) is 0 Å². The minimum Gasteiger partial charge on any atom is -0.329 e. The van der Waals surface area contributed by atoms with E-state index in [-0.39, 0.29) is 0 Å². The third-order valence-electron chi connectivity index (χ3n) is 5.31. The van der Waals surface area contributed by atoms with Crippen molar-refractivity contribution < 1.29 is 0 Å². The number of nitrogens with two attached hydrogens (primary N) is 1. The molecule has 0 amide bonds. The average molecular weight is 270 g/mol. The third-order valence-corrected chi connectivity index (χ3v) is 6.46. The molecule has 1 aliphatic heterocycles. The number of hydrogen-bond donors (Lipinski definition) is 1. The fourth-order valence-corrected chi connectivity index (χ4v) is 5.10. The molecule has 1 heterocycles. The van der Waals surface area contributed by atoms with Crippen molar-refractivity contribution in [3.63, 3.8) is 0 Å². The van der Waals surface area contributed by atoms with E-state index in [2.05, 4.69) is 30.6 Å². The summed E-state index contributed by atoms with van der Waals surface area (Å²) < 4.78 is 0.